The summed E-state index contributed by atoms with van der Waals surface area (Å²) in [6, 6.07) is 29.6. The van der Waals surface area contributed by atoms with E-state index in [0.717, 1.165) is 143 Å². The highest BCUT2D eigenvalue weighted by atomic mass is 32.2. The fraction of sp³-hybridized carbons (Fsp3) is 0.391. The summed E-state index contributed by atoms with van der Waals surface area (Å²) in [5.41, 5.74) is 8.67. The van der Waals surface area contributed by atoms with Gasteiger partial charge in [-0.1, -0.05) is 72.8 Å². The van der Waals surface area contributed by atoms with Gasteiger partial charge < -0.3 is 31.9 Å². The van der Waals surface area contributed by atoms with Crippen LogP contribution in [0.15, 0.2) is 84.9 Å². The normalized spacial score (nSPS) is 17.4. The maximum Gasteiger partial charge on any atom is 0.220 e. The van der Waals surface area contributed by atoms with E-state index in [-0.39, 0.29) is 24.7 Å². The van der Waals surface area contributed by atoms with Gasteiger partial charge in [0, 0.05) is 83.6 Å². The first-order valence-electron chi connectivity index (χ1n) is 20.8. The van der Waals surface area contributed by atoms with Crippen LogP contribution >= 0.6 is 23.5 Å². The van der Waals surface area contributed by atoms with Gasteiger partial charge in [-0.25, -0.2) is 9.97 Å². The van der Waals surface area contributed by atoms with Crippen molar-refractivity contribution in [1.82, 2.24) is 31.2 Å². The third kappa shape index (κ3) is 11.3. The first kappa shape index (κ1) is 41.5. The predicted molar refractivity (Wildman–Crippen MR) is 247 cm³/mol. The van der Waals surface area contributed by atoms with Crippen LogP contribution in [0, 0.1) is 0 Å². The summed E-state index contributed by atoms with van der Waals surface area (Å²) in [5, 5.41) is 25.3. The maximum atomic E-state index is 12.6. The number of para-hydroxylation sites is 4. The van der Waals surface area contributed by atoms with Crippen LogP contribution in [0.5, 0.6) is 0 Å². The van der Waals surface area contributed by atoms with Crippen molar-refractivity contribution in [3.63, 3.8) is 0 Å². The summed E-state index contributed by atoms with van der Waals surface area (Å²) in [5.74, 6) is 2.94. The Hall–Kier alpha value is -4.62. The van der Waals surface area contributed by atoms with E-state index in [9.17, 15) is 9.59 Å². The quantitative estimate of drug-likeness (QED) is 0.0844. The average molecular weight is 817 g/mol. The van der Waals surface area contributed by atoms with E-state index in [1.807, 2.05) is 12.1 Å². The molecule has 6 aromatic rings. The fourth-order valence-corrected chi connectivity index (χ4v) is 9.14. The molecule has 6 N–H and O–H groups in total. The largest absolute Gasteiger partial charge is 0.384 e. The summed E-state index contributed by atoms with van der Waals surface area (Å²) in [4.78, 5) is 35.3. The molecule has 3 heterocycles. The van der Waals surface area contributed by atoms with Crippen LogP contribution in [0.3, 0.4) is 0 Å². The number of hydrogen-bond donors (Lipinski definition) is 6. The number of nitrogens with zero attached hydrogens (tertiary/aromatic N) is 2. The van der Waals surface area contributed by atoms with Crippen LogP contribution in [0.4, 0.5) is 11.4 Å². The van der Waals surface area contributed by atoms with Crippen LogP contribution < -0.4 is 31.9 Å². The molecule has 304 valence electrons. The monoisotopic (exact) mass is 816 g/mol. The summed E-state index contributed by atoms with van der Waals surface area (Å²) in [6.07, 6.45) is 4.71. The molecule has 0 saturated carbocycles. The molecule has 0 radical (unpaired) electrons. The lowest BCUT2D eigenvalue weighted by Gasteiger charge is -2.16. The second-order valence-electron chi connectivity index (χ2n) is 14.7. The number of anilines is 2. The lowest BCUT2D eigenvalue weighted by atomic mass is 10.0. The van der Waals surface area contributed by atoms with E-state index in [4.69, 9.17) is 9.97 Å². The highest BCUT2D eigenvalue weighted by Crippen LogP contribution is 2.35. The van der Waals surface area contributed by atoms with E-state index in [1.165, 1.54) is 11.1 Å². The van der Waals surface area contributed by atoms with E-state index in [1.54, 1.807) is 23.5 Å². The molecule has 2 aromatic heterocycles. The number of benzene rings is 4. The van der Waals surface area contributed by atoms with E-state index >= 15 is 0 Å². The standard InChI is InChI=1S/C46H56N8O2S2/c55-41-19-20-42(56)50-28-30-58-32-34-12-8-16-38-44(34)54-40-18-4-2-14-36(40)46(38)52-26-10-24-48-22-6-5-21-47-23-9-25-51-45-35-13-1-3-17-39(35)53-43-33(11-7-15-37(43)45)31-57-29-27-49-41/h1-4,7-8,11-18,47-48,51-52H,5-6,9-10,19-32H2,(H,49,55)(H,50,56). The molecule has 0 spiro atoms. The van der Waals surface area contributed by atoms with Gasteiger partial charge >= 0.3 is 0 Å². The smallest absolute Gasteiger partial charge is 0.220 e. The molecule has 12 heteroatoms. The van der Waals surface area contributed by atoms with Crippen molar-refractivity contribution in [3.05, 3.63) is 96.1 Å². The molecule has 10 nitrogen and oxygen atoms in total. The highest BCUT2D eigenvalue weighted by molar-refractivity contribution is 7.98. The Morgan fingerprint density at radius 3 is 1.34 bits per heavy atom. The van der Waals surface area contributed by atoms with Gasteiger partial charge in [-0.3, -0.25) is 9.59 Å². The molecule has 2 amide bonds. The Morgan fingerprint density at radius 2 is 0.862 bits per heavy atom. The minimum absolute atomic E-state index is 0.0981. The molecule has 0 unspecified atom stereocenters. The van der Waals surface area contributed by atoms with Crippen LogP contribution in [0.25, 0.3) is 43.6 Å². The molecule has 7 rings (SSSR count). The Bertz CT molecular complexity index is 2140. The topological polar surface area (TPSA) is 132 Å². The molecule has 0 fully saturated rings. The van der Waals surface area contributed by atoms with E-state index < -0.39 is 0 Å². The van der Waals surface area contributed by atoms with Crippen LogP contribution in [0.2, 0.25) is 0 Å². The number of rotatable bonds is 0. The molecule has 0 atom stereocenters. The molecule has 1 aliphatic rings. The summed E-state index contributed by atoms with van der Waals surface area (Å²) in [7, 11) is 0. The van der Waals surface area contributed by atoms with Crippen molar-refractivity contribution >= 4 is 90.3 Å². The minimum Gasteiger partial charge on any atom is -0.384 e. The van der Waals surface area contributed by atoms with Crippen molar-refractivity contribution in [3.8, 4) is 0 Å². The van der Waals surface area contributed by atoms with Crippen LogP contribution in [-0.4, -0.2) is 85.6 Å². The molecule has 1 aliphatic heterocycles. The third-order valence-corrected chi connectivity index (χ3v) is 12.5. The molecule has 8 bridgehead atoms. The minimum atomic E-state index is -0.0981. The van der Waals surface area contributed by atoms with Crippen molar-refractivity contribution in [2.45, 2.75) is 50.0 Å². The zero-order valence-corrected chi connectivity index (χ0v) is 35.0. The lowest BCUT2D eigenvalue weighted by Crippen LogP contribution is -2.30. The van der Waals surface area contributed by atoms with Crippen LogP contribution in [0.1, 0.15) is 49.7 Å². The van der Waals surface area contributed by atoms with Gasteiger partial charge in [-0.05, 0) is 75.1 Å². The number of thioether (sulfide) groups is 2. The van der Waals surface area contributed by atoms with Crippen molar-refractivity contribution < 1.29 is 9.59 Å². The first-order chi connectivity index (χ1) is 28.7. The summed E-state index contributed by atoms with van der Waals surface area (Å²) >= 11 is 3.55. The Kier molecular flexibility index (Phi) is 15.7. The van der Waals surface area contributed by atoms with Gasteiger partial charge in [0.05, 0.1) is 33.4 Å². The Balaban J connectivity index is 0.963. The fourth-order valence-electron chi connectivity index (χ4n) is 7.46. The number of pyridine rings is 2. The zero-order chi connectivity index (χ0) is 39.8. The van der Waals surface area contributed by atoms with Crippen molar-refractivity contribution in [2.75, 3.05) is 74.5 Å². The van der Waals surface area contributed by atoms with E-state index in [0.29, 0.717) is 13.1 Å². The van der Waals surface area contributed by atoms with Gasteiger partial charge in [-0.2, -0.15) is 23.5 Å². The first-order valence-corrected chi connectivity index (χ1v) is 23.2. The number of carbonyl (C=O) groups is 2. The van der Waals surface area contributed by atoms with Gasteiger partial charge in [0.1, 0.15) is 0 Å². The lowest BCUT2D eigenvalue weighted by molar-refractivity contribution is -0.126. The van der Waals surface area contributed by atoms with Crippen LogP contribution in [-0.2, 0) is 21.1 Å². The Labute approximate surface area is 350 Å². The highest BCUT2D eigenvalue weighted by Gasteiger charge is 2.14. The van der Waals surface area contributed by atoms with Crippen molar-refractivity contribution in [1.29, 1.82) is 0 Å². The number of aromatic nitrogens is 2. The second-order valence-corrected chi connectivity index (χ2v) is 16.9. The van der Waals surface area contributed by atoms with Crippen molar-refractivity contribution in [2.24, 2.45) is 0 Å². The average Bonchev–Trinajstić information content (AvgIpc) is 3.24. The van der Waals surface area contributed by atoms with Gasteiger partial charge in [0.25, 0.3) is 0 Å². The van der Waals surface area contributed by atoms with E-state index in [2.05, 4.69) is 105 Å². The predicted octanol–water partition coefficient (Wildman–Crippen LogP) is 7.85. The number of nitrogens with one attached hydrogen (secondary N) is 6. The molecular formula is C46H56N8O2S2. The third-order valence-electron chi connectivity index (χ3n) is 10.4. The molecule has 58 heavy (non-hydrogen) atoms. The summed E-state index contributed by atoms with van der Waals surface area (Å²) in [6.45, 7) is 6.83. The summed E-state index contributed by atoms with van der Waals surface area (Å²) < 4.78 is 0. The number of carbonyl (C=O) groups excluding carboxylic acids is 2. The number of amides is 2. The number of hydrogen-bond acceptors (Lipinski definition) is 10. The Morgan fingerprint density at radius 1 is 0.431 bits per heavy atom. The second kappa shape index (κ2) is 21.9. The van der Waals surface area contributed by atoms with Gasteiger partial charge in [0.2, 0.25) is 11.8 Å². The molecule has 4 aromatic carbocycles. The number of fused-ring (bicyclic) bond motifs is 4. The van der Waals surface area contributed by atoms with Gasteiger partial charge in [-0.15, -0.1) is 0 Å². The van der Waals surface area contributed by atoms with Gasteiger partial charge in [0.15, 0.2) is 0 Å². The molecular weight excluding hydrogens is 761 g/mol. The molecule has 0 aliphatic carbocycles. The maximum absolute atomic E-state index is 12.6. The SMILES string of the molecule is O=C1CCC(=O)NCCSCc2cccc3c(c4ccccc4nc23)NCCCNCCCCNCCCNc2c3ccccc3nc3c(cccc23)CSCCN1. The zero-order valence-electron chi connectivity index (χ0n) is 33.3. The molecule has 0 saturated heterocycles.